The lowest BCUT2D eigenvalue weighted by atomic mass is 10.1. The summed E-state index contributed by atoms with van der Waals surface area (Å²) < 4.78 is 0. The van der Waals surface area contributed by atoms with Crippen LogP contribution in [0.25, 0.3) is 0 Å². The Morgan fingerprint density at radius 1 is 1.50 bits per heavy atom. The maximum absolute atomic E-state index is 11.4. The molecule has 2 unspecified atom stereocenters. The summed E-state index contributed by atoms with van der Waals surface area (Å²) in [5, 5.41) is 5.95. The highest BCUT2D eigenvalue weighted by Gasteiger charge is 2.11. The SMILES string of the molecule is C=CCNC(=O)C(C)NCC(C)CC. The molecule has 0 rings (SSSR count). The lowest BCUT2D eigenvalue weighted by Crippen LogP contribution is -2.43. The summed E-state index contributed by atoms with van der Waals surface area (Å²) >= 11 is 0. The normalized spacial score (nSPS) is 14.5. The maximum Gasteiger partial charge on any atom is 0.237 e. The summed E-state index contributed by atoms with van der Waals surface area (Å²) in [5.74, 6) is 0.651. The van der Waals surface area contributed by atoms with Gasteiger partial charge in [0.1, 0.15) is 0 Å². The minimum atomic E-state index is -0.121. The molecule has 0 aliphatic carbocycles. The van der Waals surface area contributed by atoms with Crippen molar-refractivity contribution < 1.29 is 4.79 Å². The van der Waals surface area contributed by atoms with Crippen LogP contribution in [0.15, 0.2) is 12.7 Å². The minimum Gasteiger partial charge on any atom is -0.351 e. The molecule has 0 heterocycles. The van der Waals surface area contributed by atoms with Crippen LogP contribution in [0.4, 0.5) is 0 Å². The summed E-state index contributed by atoms with van der Waals surface area (Å²) in [5.41, 5.74) is 0. The Bertz CT molecular complexity index is 180. The van der Waals surface area contributed by atoms with Crippen LogP contribution >= 0.6 is 0 Å². The van der Waals surface area contributed by atoms with E-state index in [0.717, 1.165) is 13.0 Å². The minimum absolute atomic E-state index is 0.0354. The fourth-order valence-electron chi connectivity index (χ4n) is 0.941. The van der Waals surface area contributed by atoms with Crippen molar-refractivity contribution in [2.45, 2.75) is 33.2 Å². The average Bonchev–Trinajstić information content (AvgIpc) is 2.21. The summed E-state index contributed by atoms with van der Waals surface area (Å²) in [6.07, 6.45) is 2.81. The van der Waals surface area contributed by atoms with Crippen LogP contribution in [0.1, 0.15) is 27.2 Å². The molecule has 82 valence electrons. The van der Waals surface area contributed by atoms with Crippen molar-refractivity contribution in [2.24, 2.45) is 5.92 Å². The highest BCUT2D eigenvalue weighted by molar-refractivity contribution is 5.81. The summed E-state index contributed by atoms with van der Waals surface area (Å²) in [4.78, 5) is 11.4. The standard InChI is InChI=1S/C11H22N2O/c1-5-7-12-11(14)10(4)13-8-9(3)6-2/h5,9-10,13H,1,6-8H2,2-4H3,(H,12,14). The van der Waals surface area contributed by atoms with Crippen LogP contribution in [0.5, 0.6) is 0 Å². The molecule has 0 aromatic rings. The topological polar surface area (TPSA) is 41.1 Å². The number of amides is 1. The van der Waals surface area contributed by atoms with Crippen molar-refractivity contribution in [3.05, 3.63) is 12.7 Å². The fraction of sp³-hybridized carbons (Fsp3) is 0.727. The molecule has 14 heavy (non-hydrogen) atoms. The Balaban J connectivity index is 3.66. The first-order chi connectivity index (χ1) is 6.61. The predicted molar refractivity (Wildman–Crippen MR) is 60.1 cm³/mol. The van der Waals surface area contributed by atoms with Gasteiger partial charge in [-0.05, 0) is 19.4 Å². The van der Waals surface area contributed by atoms with Crippen molar-refractivity contribution in [3.63, 3.8) is 0 Å². The highest BCUT2D eigenvalue weighted by Crippen LogP contribution is 1.98. The van der Waals surface area contributed by atoms with Gasteiger partial charge in [-0.15, -0.1) is 6.58 Å². The van der Waals surface area contributed by atoms with Gasteiger partial charge in [0.05, 0.1) is 6.04 Å². The Morgan fingerprint density at radius 3 is 2.64 bits per heavy atom. The Kier molecular flexibility index (Phi) is 7.11. The molecule has 0 aliphatic heterocycles. The predicted octanol–water partition coefficient (Wildman–Crippen LogP) is 1.31. The third kappa shape index (κ3) is 5.75. The lowest BCUT2D eigenvalue weighted by molar-refractivity contribution is -0.122. The van der Waals surface area contributed by atoms with Gasteiger partial charge in [-0.25, -0.2) is 0 Å². The molecular weight excluding hydrogens is 176 g/mol. The van der Waals surface area contributed by atoms with Gasteiger partial charge >= 0.3 is 0 Å². The van der Waals surface area contributed by atoms with E-state index in [-0.39, 0.29) is 11.9 Å². The van der Waals surface area contributed by atoms with Gasteiger partial charge in [0.15, 0.2) is 0 Å². The van der Waals surface area contributed by atoms with E-state index in [2.05, 4.69) is 31.1 Å². The van der Waals surface area contributed by atoms with Crippen LogP contribution in [0, 0.1) is 5.92 Å². The molecule has 0 radical (unpaired) electrons. The zero-order valence-electron chi connectivity index (χ0n) is 9.47. The first-order valence-corrected chi connectivity index (χ1v) is 5.23. The summed E-state index contributed by atoms with van der Waals surface area (Å²) in [6.45, 7) is 11.2. The second kappa shape index (κ2) is 7.56. The van der Waals surface area contributed by atoms with Crippen LogP contribution in [0.2, 0.25) is 0 Å². The van der Waals surface area contributed by atoms with Gasteiger partial charge < -0.3 is 10.6 Å². The van der Waals surface area contributed by atoms with Crippen molar-refractivity contribution >= 4 is 5.91 Å². The van der Waals surface area contributed by atoms with Crippen molar-refractivity contribution in [1.82, 2.24) is 10.6 Å². The first kappa shape index (κ1) is 13.2. The molecule has 0 fully saturated rings. The maximum atomic E-state index is 11.4. The average molecular weight is 198 g/mol. The van der Waals surface area contributed by atoms with E-state index in [4.69, 9.17) is 0 Å². The third-order valence-corrected chi connectivity index (χ3v) is 2.28. The third-order valence-electron chi connectivity index (χ3n) is 2.28. The zero-order valence-corrected chi connectivity index (χ0v) is 9.47. The molecule has 0 bridgehead atoms. The van der Waals surface area contributed by atoms with Gasteiger partial charge in [-0.3, -0.25) is 4.79 Å². The monoisotopic (exact) mass is 198 g/mol. The zero-order chi connectivity index (χ0) is 11.0. The van der Waals surface area contributed by atoms with Crippen LogP contribution in [0.3, 0.4) is 0 Å². The van der Waals surface area contributed by atoms with E-state index in [1.807, 2.05) is 6.92 Å². The van der Waals surface area contributed by atoms with E-state index >= 15 is 0 Å². The molecule has 3 heteroatoms. The van der Waals surface area contributed by atoms with Crippen LogP contribution in [-0.4, -0.2) is 25.0 Å². The van der Waals surface area contributed by atoms with Crippen LogP contribution in [-0.2, 0) is 4.79 Å². The number of hydrogen-bond donors (Lipinski definition) is 2. The summed E-state index contributed by atoms with van der Waals surface area (Å²) in [7, 11) is 0. The van der Waals surface area contributed by atoms with Crippen LogP contribution < -0.4 is 10.6 Å². The van der Waals surface area contributed by atoms with Crippen molar-refractivity contribution in [1.29, 1.82) is 0 Å². The second-order valence-electron chi connectivity index (χ2n) is 3.68. The lowest BCUT2D eigenvalue weighted by Gasteiger charge is -2.15. The molecule has 2 N–H and O–H groups in total. The Labute approximate surface area is 87.0 Å². The number of nitrogens with one attached hydrogen (secondary N) is 2. The van der Waals surface area contributed by atoms with Crippen molar-refractivity contribution in [3.8, 4) is 0 Å². The number of carbonyl (C=O) groups excluding carboxylic acids is 1. The molecule has 0 aromatic carbocycles. The molecule has 0 saturated heterocycles. The van der Waals surface area contributed by atoms with Gasteiger partial charge in [-0.1, -0.05) is 26.3 Å². The van der Waals surface area contributed by atoms with Gasteiger partial charge in [-0.2, -0.15) is 0 Å². The van der Waals surface area contributed by atoms with E-state index in [9.17, 15) is 4.79 Å². The highest BCUT2D eigenvalue weighted by atomic mass is 16.2. The fourth-order valence-corrected chi connectivity index (χ4v) is 0.941. The molecule has 0 saturated carbocycles. The molecule has 1 amide bonds. The Hall–Kier alpha value is -0.830. The molecule has 2 atom stereocenters. The first-order valence-electron chi connectivity index (χ1n) is 5.23. The Morgan fingerprint density at radius 2 is 2.14 bits per heavy atom. The van der Waals surface area contributed by atoms with E-state index < -0.39 is 0 Å². The quantitative estimate of drug-likeness (QED) is 0.606. The van der Waals surface area contributed by atoms with Gasteiger partial charge in [0, 0.05) is 6.54 Å². The molecule has 3 nitrogen and oxygen atoms in total. The van der Waals surface area contributed by atoms with E-state index in [1.165, 1.54) is 0 Å². The van der Waals surface area contributed by atoms with E-state index in [1.54, 1.807) is 6.08 Å². The summed E-state index contributed by atoms with van der Waals surface area (Å²) in [6, 6.07) is -0.121. The largest absolute Gasteiger partial charge is 0.351 e. The molecular formula is C11H22N2O. The second-order valence-corrected chi connectivity index (χ2v) is 3.68. The number of rotatable bonds is 7. The molecule has 0 spiro atoms. The number of hydrogen-bond acceptors (Lipinski definition) is 2. The van der Waals surface area contributed by atoms with E-state index in [0.29, 0.717) is 12.5 Å². The number of carbonyl (C=O) groups is 1. The van der Waals surface area contributed by atoms with Gasteiger partial charge in [0.2, 0.25) is 5.91 Å². The van der Waals surface area contributed by atoms with Crippen molar-refractivity contribution in [2.75, 3.05) is 13.1 Å². The van der Waals surface area contributed by atoms with Gasteiger partial charge in [0.25, 0.3) is 0 Å². The molecule has 0 aliphatic rings. The smallest absolute Gasteiger partial charge is 0.237 e. The molecule has 0 aromatic heterocycles.